The topological polar surface area (TPSA) is 112 Å². The van der Waals surface area contributed by atoms with Crippen LogP contribution < -0.4 is 11.2 Å². The molecule has 7 heteroatoms. The van der Waals surface area contributed by atoms with Gasteiger partial charge in [-0.1, -0.05) is 52.0 Å². The van der Waals surface area contributed by atoms with E-state index >= 15 is 0 Å². The van der Waals surface area contributed by atoms with Crippen molar-refractivity contribution in [3.05, 3.63) is 82.2 Å². The molecule has 1 aliphatic heterocycles. The molecule has 0 spiro atoms. The number of rotatable bonds is 4. The second-order valence-electron chi connectivity index (χ2n) is 9.72. The third-order valence-electron chi connectivity index (χ3n) is 6.28. The number of carbonyl (C=O) groups excluding carboxylic acids is 2. The first-order valence-electron chi connectivity index (χ1n) is 11.0. The normalized spacial score (nSPS) is 20.1. The Bertz CT molecular complexity index is 1200. The quantitative estimate of drug-likeness (QED) is 0.719. The summed E-state index contributed by atoms with van der Waals surface area (Å²) in [5.41, 5.74) is 12.3. The number of furan rings is 1. The lowest BCUT2D eigenvalue weighted by atomic mass is 9.69. The molecule has 1 amide bonds. The molecule has 0 bridgehead atoms. The van der Waals surface area contributed by atoms with Gasteiger partial charge in [0, 0.05) is 12.0 Å². The van der Waals surface area contributed by atoms with Crippen molar-refractivity contribution in [1.29, 1.82) is 5.26 Å². The van der Waals surface area contributed by atoms with Crippen molar-refractivity contribution in [1.82, 2.24) is 10.4 Å². The number of hydrogen-bond donors (Lipinski definition) is 2. The third kappa shape index (κ3) is 4.05. The highest BCUT2D eigenvalue weighted by Crippen LogP contribution is 2.48. The minimum Gasteiger partial charge on any atom is -0.459 e. The summed E-state index contributed by atoms with van der Waals surface area (Å²) in [7, 11) is 0. The van der Waals surface area contributed by atoms with E-state index in [-0.39, 0.29) is 28.4 Å². The van der Waals surface area contributed by atoms with Crippen LogP contribution in [0.4, 0.5) is 0 Å². The van der Waals surface area contributed by atoms with Gasteiger partial charge in [-0.2, -0.15) is 5.26 Å². The van der Waals surface area contributed by atoms with Crippen LogP contribution >= 0.6 is 0 Å². The van der Waals surface area contributed by atoms with Crippen LogP contribution in [0.25, 0.3) is 0 Å². The van der Waals surface area contributed by atoms with Crippen molar-refractivity contribution < 1.29 is 14.0 Å². The molecule has 0 saturated carbocycles. The summed E-state index contributed by atoms with van der Waals surface area (Å²) in [5.74, 6) is -0.553. The Morgan fingerprint density at radius 3 is 2.52 bits per heavy atom. The van der Waals surface area contributed by atoms with E-state index in [1.165, 1.54) is 22.9 Å². The van der Waals surface area contributed by atoms with Crippen molar-refractivity contribution in [2.75, 3.05) is 0 Å². The lowest BCUT2D eigenvalue weighted by molar-refractivity contribution is -0.118. The number of nitriles is 1. The number of carbonyl (C=O) groups is 2. The van der Waals surface area contributed by atoms with Gasteiger partial charge in [0.1, 0.15) is 5.82 Å². The van der Waals surface area contributed by atoms with Crippen LogP contribution in [0.2, 0.25) is 0 Å². The molecular formula is C26H28N4O3. The lowest BCUT2D eigenvalue weighted by Gasteiger charge is -2.43. The average Bonchev–Trinajstić information content (AvgIpc) is 3.30. The number of Topliss-reactive ketones (excluding diaryl/α,β-unsaturated/α-hetero) is 1. The monoisotopic (exact) mass is 444 g/mol. The first kappa shape index (κ1) is 22.4. The fourth-order valence-corrected chi connectivity index (χ4v) is 4.61. The largest absolute Gasteiger partial charge is 0.459 e. The maximum atomic E-state index is 13.4. The van der Waals surface area contributed by atoms with E-state index in [0.29, 0.717) is 30.0 Å². The molecule has 1 aromatic heterocycles. The fourth-order valence-electron chi connectivity index (χ4n) is 4.61. The maximum absolute atomic E-state index is 13.4. The number of amides is 1. The zero-order valence-electron chi connectivity index (χ0n) is 19.3. The van der Waals surface area contributed by atoms with Crippen LogP contribution in [-0.2, 0) is 4.79 Å². The molecule has 0 radical (unpaired) electrons. The zero-order valence-corrected chi connectivity index (χ0v) is 19.3. The summed E-state index contributed by atoms with van der Waals surface area (Å²) in [4.78, 5) is 26.2. The Hall–Kier alpha value is -3.79. The first-order valence-corrected chi connectivity index (χ1v) is 11.0. The smallest absolute Gasteiger partial charge is 0.305 e. The van der Waals surface area contributed by atoms with E-state index in [1.54, 1.807) is 6.07 Å². The average molecular weight is 445 g/mol. The van der Waals surface area contributed by atoms with Crippen molar-refractivity contribution in [3.63, 3.8) is 0 Å². The summed E-state index contributed by atoms with van der Waals surface area (Å²) in [5, 5.41) is 11.5. The molecular weight excluding hydrogens is 416 g/mol. The van der Waals surface area contributed by atoms with Crippen molar-refractivity contribution >= 4 is 11.7 Å². The minimum atomic E-state index is -0.577. The highest BCUT2D eigenvalue weighted by atomic mass is 16.3. The van der Waals surface area contributed by atoms with Gasteiger partial charge in [-0.25, -0.2) is 5.01 Å². The number of allylic oxidation sites excluding steroid dienone is 3. The Morgan fingerprint density at radius 2 is 1.94 bits per heavy atom. The van der Waals surface area contributed by atoms with Crippen molar-refractivity contribution in [2.45, 2.75) is 52.4 Å². The second-order valence-corrected chi connectivity index (χ2v) is 9.72. The van der Waals surface area contributed by atoms with Crippen LogP contribution in [0.1, 0.15) is 74.1 Å². The molecule has 0 saturated heterocycles. The predicted molar refractivity (Wildman–Crippen MR) is 123 cm³/mol. The van der Waals surface area contributed by atoms with E-state index < -0.39 is 11.8 Å². The van der Waals surface area contributed by atoms with Crippen molar-refractivity contribution in [3.8, 4) is 6.07 Å². The van der Waals surface area contributed by atoms with E-state index in [1.807, 2.05) is 38.1 Å². The number of hydrazine groups is 1. The summed E-state index contributed by atoms with van der Waals surface area (Å²) in [6.07, 6.45) is 2.28. The van der Waals surface area contributed by atoms with Crippen LogP contribution in [-0.4, -0.2) is 16.7 Å². The predicted octanol–water partition coefficient (Wildman–Crippen LogP) is 4.48. The molecule has 33 heavy (non-hydrogen) atoms. The standard InChI is InChI=1S/C26H28N4O3/c1-15(2)16-7-9-17(10-8-16)22-18(14-27)24(28)30(29-25(32)21-6-5-11-33-21)19-12-26(3,4)13-20(31)23(19)22/h5-11,15,22H,12-13,28H2,1-4H3,(H,29,32). The molecule has 3 N–H and O–H groups in total. The zero-order chi connectivity index (χ0) is 23.9. The third-order valence-corrected chi connectivity index (χ3v) is 6.28. The van der Waals surface area contributed by atoms with E-state index in [4.69, 9.17) is 10.2 Å². The van der Waals surface area contributed by atoms with Crippen LogP contribution in [0.5, 0.6) is 0 Å². The van der Waals surface area contributed by atoms with E-state index in [2.05, 4.69) is 25.3 Å². The van der Waals surface area contributed by atoms with Crippen LogP contribution in [0.3, 0.4) is 0 Å². The number of nitrogens with two attached hydrogens (primary N) is 1. The molecule has 1 atom stereocenters. The number of nitrogens with one attached hydrogen (secondary N) is 1. The van der Waals surface area contributed by atoms with E-state index in [9.17, 15) is 14.9 Å². The minimum absolute atomic E-state index is 0.0447. The van der Waals surface area contributed by atoms with Crippen molar-refractivity contribution in [2.24, 2.45) is 11.1 Å². The van der Waals surface area contributed by atoms with Gasteiger partial charge in [0.15, 0.2) is 11.5 Å². The van der Waals surface area contributed by atoms with Gasteiger partial charge >= 0.3 is 5.91 Å². The van der Waals surface area contributed by atoms with Gasteiger partial charge in [-0.3, -0.25) is 15.0 Å². The number of nitrogens with zero attached hydrogens (tertiary/aromatic N) is 2. The van der Waals surface area contributed by atoms with Gasteiger partial charge in [0.2, 0.25) is 0 Å². The summed E-state index contributed by atoms with van der Waals surface area (Å²) >= 11 is 0. The molecule has 2 heterocycles. The number of hydrogen-bond acceptors (Lipinski definition) is 6. The molecule has 1 aliphatic carbocycles. The molecule has 1 aromatic carbocycles. The SMILES string of the molecule is CC(C)c1ccc(C2C(C#N)=C(N)N(NC(=O)c3ccco3)C3=C2C(=O)CC(C)(C)C3)cc1. The highest BCUT2D eigenvalue weighted by molar-refractivity contribution is 6.00. The van der Waals surface area contributed by atoms with Crippen LogP contribution in [0, 0.1) is 16.7 Å². The van der Waals surface area contributed by atoms with E-state index in [0.717, 1.165) is 5.56 Å². The molecule has 1 unspecified atom stereocenters. The van der Waals surface area contributed by atoms with Gasteiger partial charge in [-0.15, -0.1) is 0 Å². The van der Waals surface area contributed by atoms with Gasteiger partial charge < -0.3 is 10.2 Å². The Morgan fingerprint density at radius 1 is 1.24 bits per heavy atom. The molecule has 170 valence electrons. The lowest BCUT2D eigenvalue weighted by Crippen LogP contribution is -2.49. The second kappa shape index (κ2) is 8.28. The van der Waals surface area contributed by atoms with Crippen LogP contribution in [0.15, 0.2) is 69.7 Å². The van der Waals surface area contributed by atoms with Gasteiger partial charge in [0.25, 0.3) is 0 Å². The van der Waals surface area contributed by atoms with Gasteiger partial charge in [-0.05, 0) is 41.0 Å². The fraction of sp³-hybridized carbons (Fsp3) is 0.346. The Kier molecular flexibility index (Phi) is 5.62. The number of ketones is 1. The summed E-state index contributed by atoms with van der Waals surface area (Å²) < 4.78 is 5.20. The molecule has 4 rings (SSSR count). The molecule has 2 aromatic rings. The number of benzene rings is 1. The summed E-state index contributed by atoms with van der Waals surface area (Å²) in [6.45, 7) is 8.24. The highest BCUT2D eigenvalue weighted by Gasteiger charge is 2.45. The molecule has 2 aliphatic rings. The maximum Gasteiger partial charge on any atom is 0.305 e. The Labute approximate surface area is 193 Å². The van der Waals surface area contributed by atoms with Gasteiger partial charge in [0.05, 0.1) is 29.5 Å². The molecule has 0 fully saturated rings. The Balaban J connectivity index is 1.85. The molecule has 7 nitrogen and oxygen atoms in total. The first-order chi connectivity index (χ1) is 15.6. The summed E-state index contributed by atoms with van der Waals surface area (Å²) in [6, 6.07) is 13.3.